The Morgan fingerprint density at radius 2 is 1.58 bits per heavy atom. The van der Waals surface area contributed by atoms with Gasteiger partial charge >= 0.3 is 0 Å². The van der Waals surface area contributed by atoms with Crippen molar-refractivity contribution >= 4 is 21.6 Å². The summed E-state index contributed by atoms with van der Waals surface area (Å²) in [6, 6.07) is 6.21. The molecule has 2 rings (SSSR count). The highest BCUT2D eigenvalue weighted by molar-refractivity contribution is 9.10. The molecule has 19 heavy (non-hydrogen) atoms. The average Bonchev–Trinajstić information content (AvgIpc) is 2.39. The topological polar surface area (TPSA) is 12.0 Å². The van der Waals surface area contributed by atoms with Gasteiger partial charge in [-0.25, -0.2) is 17.6 Å². The second kappa shape index (κ2) is 5.61. The van der Waals surface area contributed by atoms with Crippen LogP contribution in [0.4, 0.5) is 23.2 Å². The Hall–Kier alpha value is -1.56. The van der Waals surface area contributed by atoms with Crippen molar-refractivity contribution in [3.05, 3.63) is 63.6 Å². The molecule has 0 aliphatic rings. The normalized spacial score (nSPS) is 10.6. The largest absolute Gasteiger partial charge is 0.379 e. The SMILES string of the molecule is Fc1ccc(CNc2ccc(F)c(F)c2F)cc1Br. The smallest absolute Gasteiger partial charge is 0.196 e. The lowest BCUT2D eigenvalue weighted by Crippen LogP contribution is -2.04. The molecule has 0 saturated carbocycles. The molecule has 2 aromatic rings. The quantitative estimate of drug-likeness (QED) is 0.638. The highest BCUT2D eigenvalue weighted by Crippen LogP contribution is 2.21. The Balaban J connectivity index is 2.14. The van der Waals surface area contributed by atoms with Gasteiger partial charge in [0.25, 0.3) is 0 Å². The van der Waals surface area contributed by atoms with Gasteiger partial charge in [-0.2, -0.15) is 0 Å². The fraction of sp³-hybridized carbons (Fsp3) is 0.0769. The van der Waals surface area contributed by atoms with Crippen LogP contribution in [0.25, 0.3) is 0 Å². The second-order valence-corrected chi connectivity index (χ2v) is 4.68. The molecular weight excluding hydrogens is 326 g/mol. The first kappa shape index (κ1) is 13.9. The zero-order valence-corrected chi connectivity index (χ0v) is 11.1. The molecule has 0 aliphatic heterocycles. The molecule has 0 fully saturated rings. The van der Waals surface area contributed by atoms with E-state index in [1.807, 2.05) is 0 Å². The number of halogens is 5. The zero-order valence-electron chi connectivity index (χ0n) is 9.48. The van der Waals surface area contributed by atoms with Gasteiger partial charge in [-0.05, 0) is 45.8 Å². The van der Waals surface area contributed by atoms with E-state index in [1.165, 1.54) is 18.2 Å². The Labute approximate surface area is 115 Å². The van der Waals surface area contributed by atoms with E-state index in [4.69, 9.17) is 0 Å². The molecule has 0 aromatic heterocycles. The van der Waals surface area contributed by atoms with Gasteiger partial charge in [-0.15, -0.1) is 0 Å². The van der Waals surface area contributed by atoms with E-state index in [2.05, 4.69) is 21.2 Å². The van der Waals surface area contributed by atoms with Gasteiger partial charge in [0.15, 0.2) is 17.5 Å². The molecule has 1 nitrogen and oxygen atoms in total. The third kappa shape index (κ3) is 3.07. The molecule has 0 bridgehead atoms. The Kier molecular flexibility index (Phi) is 4.09. The molecular formula is C13H8BrF4N. The van der Waals surface area contributed by atoms with E-state index in [0.29, 0.717) is 5.56 Å². The summed E-state index contributed by atoms with van der Waals surface area (Å²) in [6.45, 7) is 0.154. The fourth-order valence-corrected chi connectivity index (χ4v) is 1.94. The first-order valence-electron chi connectivity index (χ1n) is 5.30. The maximum atomic E-state index is 13.4. The van der Waals surface area contributed by atoms with Crippen LogP contribution in [0.1, 0.15) is 5.56 Å². The summed E-state index contributed by atoms with van der Waals surface area (Å²) in [5.74, 6) is -4.46. The van der Waals surface area contributed by atoms with E-state index in [9.17, 15) is 17.6 Å². The zero-order chi connectivity index (χ0) is 14.0. The molecule has 100 valence electrons. The first-order chi connectivity index (χ1) is 8.99. The van der Waals surface area contributed by atoms with Gasteiger partial charge in [0, 0.05) is 6.54 Å². The summed E-state index contributed by atoms with van der Waals surface area (Å²) in [5, 5.41) is 2.62. The second-order valence-electron chi connectivity index (χ2n) is 3.82. The van der Waals surface area contributed by atoms with Crippen molar-refractivity contribution in [3.63, 3.8) is 0 Å². The van der Waals surface area contributed by atoms with Crippen molar-refractivity contribution in [2.75, 3.05) is 5.32 Å². The standard InChI is InChI=1S/C13H8BrF4N/c14-8-5-7(1-2-9(8)15)6-19-11-4-3-10(16)12(17)13(11)18/h1-5,19H,6H2. The molecule has 0 heterocycles. The van der Waals surface area contributed by atoms with Crippen LogP contribution in [0.5, 0.6) is 0 Å². The molecule has 1 N–H and O–H groups in total. The lowest BCUT2D eigenvalue weighted by Gasteiger charge is -2.09. The highest BCUT2D eigenvalue weighted by Gasteiger charge is 2.13. The Bertz CT molecular complexity index is 616. The molecule has 0 unspecified atom stereocenters. The van der Waals surface area contributed by atoms with Crippen LogP contribution >= 0.6 is 15.9 Å². The molecule has 0 spiro atoms. The number of rotatable bonds is 3. The summed E-state index contributed by atoms with van der Waals surface area (Å²) < 4.78 is 52.4. The van der Waals surface area contributed by atoms with Crippen LogP contribution in [0.3, 0.4) is 0 Å². The van der Waals surface area contributed by atoms with Crippen molar-refractivity contribution in [3.8, 4) is 0 Å². The van der Waals surface area contributed by atoms with E-state index < -0.39 is 23.3 Å². The molecule has 6 heteroatoms. The van der Waals surface area contributed by atoms with Crippen LogP contribution in [-0.2, 0) is 6.54 Å². The van der Waals surface area contributed by atoms with Crippen LogP contribution in [0.15, 0.2) is 34.8 Å². The number of nitrogens with one attached hydrogen (secondary N) is 1. The number of hydrogen-bond acceptors (Lipinski definition) is 1. The maximum absolute atomic E-state index is 13.4. The lowest BCUT2D eigenvalue weighted by atomic mass is 10.2. The van der Waals surface area contributed by atoms with Crippen molar-refractivity contribution in [1.29, 1.82) is 0 Å². The van der Waals surface area contributed by atoms with Gasteiger partial charge in [-0.3, -0.25) is 0 Å². The predicted octanol–water partition coefficient (Wildman–Crippen LogP) is 4.62. The molecule has 0 radical (unpaired) electrons. The van der Waals surface area contributed by atoms with Gasteiger partial charge in [0.1, 0.15) is 5.82 Å². The van der Waals surface area contributed by atoms with Gasteiger partial charge in [0.05, 0.1) is 10.2 Å². The first-order valence-corrected chi connectivity index (χ1v) is 6.09. The predicted molar refractivity (Wildman–Crippen MR) is 67.7 cm³/mol. The van der Waals surface area contributed by atoms with Crippen molar-refractivity contribution in [2.45, 2.75) is 6.54 Å². The molecule has 2 aromatic carbocycles. The van der Waals surface area contributed by atoms with Gasteiger partial charge in [-0.1, -0.05) is 6.07 Å². The van der Waals surface area contributed by atoms with Crippen LogP contribution in [-0.4, -0.2) is 0 Å². The summed E-state index contributed by atoms with van der Waals surface area (Å²) in [7, 11) is 0. The Morgan fingerprint density at radius 3 is 2.26 bits per heavy atom. The minimum atomic E-state index is -1.52. The van der Waals surface area contributed by atoms with Crippen molar-refractivity contribution in [2.24, 2.45) is 0 Å². The van der Waals surface area contributed by atoms with Crippen molar-refractivity contribution in [1.82, 2.24) is 0 Å². The number of anilines is 1. The third-order valence-electron chi connectivity index (χ3n) is 2.50. The van der Waals surface area contributed by atoms with Crippen LogP contribution < -0.4 is 5.32 Å². The summed E-state index contributed by atoms with van der Waals surface area (Å²) in [4.78, 5) is 0. The van der Waals surface area contributed by atoms with E-state index in [0.717, 1.165) is 12.1 Å². The number of hydrogen-bond donors (Lipinski definition) is 1. The van der Waals surface area contributed by atoms with E-state index >= 15 is 0 Å². The molecule has 0 aliphatic carbocycles. The summed E-state index contributed by atoms with van der Waals surface area (Å²) in [6.07, 6.45) is 0. The fourth-order valence-electron chi connectivity index (χ4n) is 1.51. The maximum Gasteiger partial charge on any atom is 0.196 e. The number of benzene rings is 2. The highest BCUT2D eigenvalue weighted by atomic mass is 79.9. The van der Waals surface area contributed by atoms with Gasteiger partial charge in [0.2, 0.25) is 0 Å². The van der Waals surface area contributed by atoms with E-state index in [-0.39, 0.29) is 16.7 Å². The summed E-state index contributed by atoms with van der Waals surface area (Å²) >= 11 is 3.02. The van der Waals surface area contributed by atoms with Gasteiger partial charge < -0.3 is 5.32 Å². The van der Waals surface area contributed by atoms with Crippen LogP contribution in [0, 0.1) is 23.3 Å². The molecule has 0 saturated heterocycles. The monoisotopic (exact) mass is 333 g/mol. The van der Waals surface area contributed by atoms with Crippen molar-refractivity contribution < 1.29 is 17.6 Å². The minimum absolute atomic E-state index is 0.153. The summed E-state index contributed by atoms with van der Waals surface area (Å²) in [5.41, 5.74) is 0.511. The molecule has 0 atom stereocenters. The van der Waals surface area contributed by atoms with E-state index in [1.54, 1.807) is 0 Å². The Morgan fingerprint density at radius 1 is 0.895 bits per heavy atom. The molecule has 0 amide bonds. The lowest BCUT2D eigenvalue weighted by molar-refractivity contribution is 0.449. The third-order valence-corrected chi connectivity index (χ3v) is 3.11. The average molecular weight is 334 g/mol. The minimum Gasteiger partial charge on any atom is -0.379 e. The van der Waals surface area contributed by atoms with Crippen LogP contribution in [0.2, 0.25) is 0 Å².